The molecule has 0 spiro atoms. The van der Waals surface area contributed by atoms with Crippen molar-refractivity contribution in [3.8, 4) is 22.6 Å². The van der Waals surface area contributed by atoms with Crippen LogP contribution in [0.1, 0.15) is 24.4 Å². The third kappa shape index (κ3) is 3.40. The Morgan fingerprint density at radius 3 is 2.58 bits per heavy atom. The van der Waals surface area contributed by atoms with Gasteiger partial charge >= 0.3 is 0 Å². The van der Waals surface area contributed by atoms with Gasteiger partial charge in [0.15, 0.2) is 5.82 Å². The van der Waals surface area contributed by atoms with Crippen LogP contribution in [0.15, 0.2) is 84.2 Å². The van der Waals surface area contributed by atoms with Gasteiger partial charge in [-0.3, -0.25) is 9.36 Å². The summed E-state index contributed by atoms with van der Waals surface area (Å²) in [6.45, 7) is 3.84. The number of benzene rings is 2. The fourth-order valence-electron chi connectivity index (χ4n) is 4.59. The largest absolute Gasteiger partial charge is 0.507 e. The van der Waals surface area contributed by atoms with Crippen molar-refractivity contribution in [1.82, 2.24) is 29.1 Å². The van der Waals surface area contributed by atoms with Gasteiger partial charge in [0.25, 0.3) is 5.56 Å². The zero-order chi connectivity index (χ0) is 24.8. The second kappa shape index (κ2) is 8.38. The van der Waals surface area contributed by atoms with Crippen LogP contribution >= 0.6 is 0 Å². The van der Waals surface area contributed by atoms with E-state index in [9.17, 15) is 9.90 Å². The zero-order valence-electron chi connectivity index (χ0n) is 19.7. The maximum absolute atomic E-state index is 13.7. The van der Waals surface area contributed by atoms with Crippen LogP contribution in [0.3, 0.4) is 0 Å². The molecule has 178 valence electrons. The van der Waals surface area contributed by atoms with Crippen molar-refractivity contribution >= 4 is 22.4 Å². The van der Waals surface area contributed by atoms with Gasteiger partial charge in [0.1, 0.15) is 29.1 Å². The number of H-pyrrole nitrogens is 1. The van der Waals surface area contributed by atoms with Crippen molar-refractivity contribution in [1.29, 1.82) is 0 Å². The van der Waals surface area contributed by atoms with Crippen LogP contribution in [0.4, 0.5) is 5.82 Å². The average molecular weight is 478 g/mol. The number of nitrogens with one attached hydrogen (secondary N) is 2. The molecule has 6 aromatic rings. The second-order valence-electron chi connectivity index (χ2n) is 8.66. The van der Waals surface area contributed by atoms with Gasteiger partial charge in [-0.15, -0.1) is 0 Å². The van der Waals surface area contributed by atoms with E-state index in [2.05, 4.69) is 20.3 Å². The van der Waals surface area contributed by atoms with E-state index in [0.717, 1.165) is 22.2 Å². The lowest BCUT2D eigenvalue weighted by atomic mass is 10.0. The number of anilines is 1. The molecule has 0 fully saturated rings. The van der Waals surface area contributed by atoms with Crippen LogP contribution in [0.25, 0.3) is 33.4 Å². The minimum Gasteiger partial charge on any atom is -0.507 e. The molecule has 0 bridgehead atoms. The molecule has 9 nitrogen and oxygen atoms in total. The molecule has 36 heavy (non-hydrogen) atoms. The lowest BCUT2D eigenvalue weighted by molar-refractivity contribution is 0.477. The Bertz CT molecular complexity index is 1780. The maximum atomic E-state index is 13.7. The molecule has 4 heterocycles. The monoisotopic (exact) mass is 477 g/mol. The van der Waals surface area contributed by atoms with Crippen LogP contribution in [0, 0.1) is 6.92 Å². The summed E-state index contributed by atoms with van der Waals surface area (Å²) in [4.78, 5) is 25.7. The van der Waals surface area contributed by atoms with Gasteiger partial charge in [-0.25, -0.2) is 14.5 Å². The zero-order valence-corrected chi connectivity index (χ0v) is 19.7. The van der Waals surface area contributed by atoms with E-state index in [4.69, 9.17) is 5.10 Å². The third-order valence-electron chi connectivity index (χ3n) is 6.33. The van der Waals surface area contributed by atoms with Crippen LogP contribution in [0.5, 0.6) is 5.75 Å². The molecule has 0 unspecified atom stereocenters. The number of nitrogens with zero attached hydrogens (tertiary/aromatic N) is 5. The van der Waals surface area contributed by atoms with Gasteiger partial charge in [-0.2, -0.15) is 5.10 Å². The molecule has 0 saturated heterocycles. The minimum atomic E-state index is -0.407. The van der Waals surface area contributed by atoms with Gasteiger partial charge < -0.3 is 15.4 Å². The first-order valence-corrected chi connectivity index (χ1v) is 11.6. The Hall–Kier alpha value is -4.92. The Morgan fingerprint density at radius 2 is 1.78 bits per heavy atom. The third-order valence-corrected chi connectivity index (χ3v) is 6.33. The molecule has 0 aliphatic carbocycles. The van der Waals surface area contributed by atoms with E-state index < -0.39 is 6.04 Å². The second-order valence-corrected chi connectivity index (χ2v) is 8.66. The Kier molecular flexibility index (Phi) is 5.03. The molecular weight excluding hydrogens is 454 g/mol. The van der Waals surface area contributed by atoms with Crippen molar-refractivity contribution in [3.63, 3.8) is 0 Å². The molecule has 2 aromatic carbocycles. The number of rotatable bonds is 5. The molecule has 0 aliphatic rings. The number of phenolic OH excluding ortho intramolecular Hbond substituents is 1. The molecule has 1 atom stereocenters. The summed E-state index contributed by atoms with van der Waals surface area (Å²) in [5.41, 5.74) is 4.04. The number of aryl methyl sites for hydroxylation is 1. The van der Waals surface area contributed by atoms with Crippen molar-refractivity contribution in [2.45, 2.75) is 19.9 Å². The molecule has 6 rings (SSSR count). The predicted octanol–water partition coefficient (Wildman–Crippen LogP) is 4.61. The first kappa shape index (κ1) is 21.6. The minimum absolute atomic E-state index is 0.147. The van der Waals surface area contributed by atoms with Gasteiger partial charge in [-0.1, -0.05) is 36.4 Å². The van der Waals surface area contributed by atoms with E-state index in [-0.39, 0.29) is 11.3 Å². The molecule has 4 aromatic heterocycles. The number of aromatic nitrogens is 6. The Balaban J connectivity index is 1.51. The fourth-order valence-corrected chi connectivity index (χ4v) is 4.59. The maximum Gasteiger partial charge on any atom is 0.282 e. The van der Waals surface area contributed by atoms with E-state index in [0.29, 0.717) is 28.4 Å². The summed E-state index contributed by atoms with van der Waals surface area (Å²) < 4.78 is 3.27. The molecular formula is C27H23N7O2. The van der Waals surface area contributed by atoms with Crippen LogP contribution < -0.4 is 10.9 Å². The van der Waals surface area contributed by atoms with E-state index in [1.54, 1.807) is 33.6 Å². The van der Waals surface area contributed by atoms with Gasteiger partial charge in [0.05, 0.1) is 17.1 Å². The number of hydrogen-bond acceptors (Lipinski definition) is 6. The molecule has 0 radical (unpaired) electrons. The summed E-state index contributed by atoms with van der Waals surface area (Å²) in [6, 6.07) is 18.1. The highest BCUT2D eigenvalue weighted by Gasteiger charge is 2.22. The quantitative estimate of drug-likeness (QED) is 0.334. The van der Waals surface area contributed by atoms with Gasteiger partial charge in [0, 0.05) is 23.5 Å². The van der Waals surface area contributed by atoms with Crippen molar-refractivity contribution in [3.05, 3.63) is 101 Å². The highest BCUT2D eigenvalue weighted by molar-refractivity contribution is 6.01. The smallest absolute Gasteiger partial charge is 0.282 e. The number of hydrogen-bond donors (Lipinski definition) is 3. The lowest BCUT2D eigenvalue weighted by Gasteiger charge is -2.20. The summed E-state index contributed by atoms with van der Waals surface area (Å²) in [5, 5.41) is 19.5. The SMILES string of the molecule is Cc1ccn2nc([C@H](C)Nc3ncnc4[nH]cc(-c5ccccc5O)c34)n(-c3ccccc3)c(=O)c12. The van der Waals surface area contributed by atoms with Gasteiger partial charge in [0.2, 0.25) is 0 Å². The average Bonchev–Trinajstić information content (AvgIpc) is 3.49. The van der Waals surface area contributed by atoms with E-state index in [1.165, 1.54) is 6.33 Å². The summed E-state index contributed by atoms with van der Waals surface area (Å²) >= 11 is 0. The Labute approximate surface area is 205 Å². The molecule has 0 amide bonds. The van der Waals surface area contributed by atoms with Crippen molar-refractivity contribution < 1.29 is 5.11 Å². The number of phenols is 1. The Morgan fingerprint density at radius 1 is 1.00 bits per heavy atom. The lowest BCUT2D eigenvalue weighted by Crippen LogP contribution is -2.29. The molecule has 0 saturated carbocycles. The number of aromatic amines is 1. The summed E-state index contributed by atoms with van der Waals surface area (Å²) in [6.07, 6.45) is 5.07. The number of fused-ring (bicyclic) bond motifs is 2. The summed E-state index contributed by atoms with van der Waals surface area (Å²) in [5.74, 6) is 1.25. The van der Waals surface area contributed by atoms with Crippen LogP contribution in [0.2, 0.25) is 0 Å². The summed E-state index contributed by atoms with van der Waals surface area (Å²) in [7, 11) is 0. The van der Waals surface area contributed by atoms with Crippen LogP contribution in [-0.4, -0.2) is 34.2 Å². The van der Waals surface area contributed by atoms with E-state index >= 15 is 0 Å². The number of aromatic hydroxyl groups is 1. The van der Waals surface area contributed by atoms with Gasteiger partial charge in [-0.05, 0) is 43.7 Å². The van der Waals surface area contributed by atoms with E-state index in [1.807, 2.05) is 62.4 Å². The standard InChI is InChI=1S/C27H23N7O2/c1-16-12-13-33-23(16)27(36)34(18-8-4-3-5-9-18)26(32-33)17(2)31-25-22-20(14-28-24(22)29-15-30-25)19-10-6-7-11-21(19)35/h3-15,17,35H,1-2H3,(H2,28,29,30,31)/t17-/m0/s1. The predicted molar refractivity (Wildman–Crippen MR) is 139 cm³/mol. The van der Waals surface area contributed by atoms with Crippen LogP contribution in [-0.2, 0) is 0 Å². The topological polar surface area (TPSA) is 113 Å². The van der Waals surface area contributed by atoms with Crippen molar-refractivity contribution in [2.75, 3.05) is 5.32 Å². The van der Waals surface area contributed by atoms with Crippen molar-refractivity contribution in [2.24, 2.45) is 0 Å². The normalized spacial score (nSPS) is 12.3. The molecule has 3 N–H and O–H groups in total. The number of para-hydroxylation sites is 2. The molecule has 0 aliphatic heterocycles. The molecule has 9 heteroatoms. The highest BCUT2D eigenvalue weighted by Crippen LogP contribution is 2.37. The first-order chi connectivity index (χ1) is 17.5. The highest BCUT2D eigenvalue weighted by atomic mass is 16.3. The fraction of sp³-hybridized carbons (Fsp3) is 0.111. The first-order valence-electron chi connectivity index (χ1n) is 11.6.